The van der Waals surface area contributed by atoms with Gasteiger partial charge in [0.05, 0.1) is 6.07 Å². The molecule has 2 heterocycles. The Hall–Kier alpha value is -3.13. The highest BCUT2D eigenvalue weighted by Crippen LogP contribution is 2.34. The van der Waals surface area contributed by atoms with Crippen LogP contribution in [0.2, 0.25) is 0 Å². The van der Waals surface area contributed by atoms with Gasteiger partial charge in [-0.2, -0.15) is 5.26 Å². The van der Waals surface area contributed by atoms with Crippen molar-refractivity contribution in [3.8, 4) is 6.07 Å². The number of carbonyl (C=O) groups excluding carboxylic acids is 2. The van der Waals surface area contributed by atoms with Gasteiger partial charge in [0.25, 0.3) is 0 Å². The van der Waals surface area contributed by atoms with E-state index in [1.165, 1.54) is 11.1 Å². The monoisotopic (exact) mass is 457 g/mol. The number of Topliss-reactive ketones (excluding diaryl/α,β-unsaturated/α-hetero) is 1. The summed E-state index contributed by atoms with van der Waals surface area (Å²) < 4.78 is 0. The van der Waals surface area contributed by atoms with Crippen molar-refractivity contribution in [2.24, 2.45) is 11.8 Å². The number of nitrogens with zero attached hydrogens (tertiary/aromatic N) is 3. The Morgan fingerprint density at radius 2 is 1.76 bits per heavy atom. The molecule has 0 aliphatic carbocycles. The molecule has 2 unspecified atom stereocenters. The number of piperidine rings is 2. The molecule has 34 heavy (non-hydrogen) atoms. The summed E-state index contributed by atoms with van der Waals surface area (Å²) >= 11 is 0. The topological polar surface area (TPSA) is 64.4 Å². The van der Waals surface area contributed by atoms with Gasteiger partial charge in [0.2, 0.25) is 0 Å². The van der Waals surface area contributed by atoms with Crippen LogP contribution in [-0.2, 0) is 6.42 Å². The molecule has 2 saturated heterocycles. The molecule has 2 fully saturated rings. The highest BCUT2D eigenvalue weighted by Gasteiger charge is 2.35. The van der Waals surface area contributed by atoms with Gasteiger partial charge >= 0.3 is 6.03 Å². The number of hydrogen-bond donors (Lipinski definition) is 0. The van der Waals surface area contributed by atoms with E-state index >= 15 is 0 Å². The molecule has 0 saturated carbocycles. The number of carbonyl (C=O) groups is 2. The molecule has 2 atom stereocenters. The lowest BCUT2D eigenvalue weighted by Gasteiger charge is -2.41. The summed E-state index contributed by atoms with van der Waals surface area (Å²) in [5.74, 6) is 0.543. The van der Waals surface area contributed by atoms with Crippen LogP contribution in [0.4, 0.5) is 4.79 Å². The minimum atomic E-state index is 0.0509. The van der Waals surface area contributed by atoms with Crippen LogP contribution in [0.3, 0.4) is 0 Å². The van der Waals surface area contributed by atoms with Crippen molar-refractivity contribution in [2.75, 3.05) is 26.2 Å². The molecule has 0 spiro atoms. The zero-order chi connectivity index (χ0) is 24.1. The molecule has 2 aromatic rings. The molecule has 178 valence electrons. The SMILES string of the molecule is CCc1ccc(C2CC(CC(=O)c3cccc(C)c3)CN(C(=O)N3CCC(C#N)CC3)C2)cc1. The third-order valence-electron chi connectivity index (χ3n) is 7.43. The molecule has 2 aliphatic heterocycles. The predicted octanol–water partition coefficient (Wildman–Crippen LogP) is 5.59. The lowest BCUT2D eigenvalue weighted by molar-refractivity contribution is 0.0873. The highest BCUT2D eigenvalue weighted by molar-refractivity contribution is 5.96. The Kier molecular flexibility index (Phi) is 7.67. The van der Waals surface area contributed by atoms with Gasteiger partial charge in [-0.15, -0.1) is 0 Å². The molecule has 0 aromatic heterocycles. The van der Waals surface area contributed by atoms with Gasteiger partial charge in [-0.25, -0.2) is 4.79 Å². The molecule has 2 amide bonds. The van der Waals surface area contributed by atoms with E-state index in [1.807, 2.05) is 41.0 Å². The maximum atomic E-state index is 13.5. The molecule has 0 radical (unpaired) electrons. The second-order valence-corrected chi connectivity index (χ2v) is 9.97. The molecule has 2 aromatic carbocycles. The number of nitriles is 1. The van der Waals surface area contributed by atoms with Gasteiger partial charge in [0, 0.05) is 50.0 Å². The fourth-order valence-electron chi connectivity index (χ4n) is 5.37. The van der Waals surface area contributed by atoms with Crippen molar-refractivity contribution in [1.82, 2.24) is 9.80 Å². The number of hydrogen-bond acceptors (Lipinski definition) is 3. The Balaban J connectivity index is 1.51. The van der Waals surface area contributed by atoms with E-state index in [0.717, 1.165) is 36.8 Å². The second-order valence-electron chi connectivity index (χ2n) is 9.97. The quantitative estimate of drug-likeness (QED) is 0.550. The van der Waals surface area contributed by atoms with E-state index in [9.17, 15) is 14.9 Å². The Morgan fingerprint density at radius 3 is 2.41 bits per heavy atom. The number of amides is 2. The van der Waals surface area contributed by atoms with E-state index in [1.54, 1.807) is 0 Å². The molecule has 4 rings (SSSR count). The number of rotatable bonds is 5. The fourth-order valence-corrected chi connectivity index (χ4v) is 5.37. The molecule has 2 aliphatic rings. The van der Waals surface area contributed by atoms with Gasteiger partial charge in [0.15, 0.2) is 5.78 Å². The Labute approximate surface area is 203 Å². The second kappa shape index (κ2) is 10.9. The summed E-state index contributed by atoms with van der Waals surface area (Å²) in [7, 11) is 0. The van der Waals surface area contributed by atoms with Gasteiger partial charge < -0.3 is 9.80 Å². The van der Waals surface area contributed by atoms with Gasteiger partial charge in [-0.05, 0) is 55.7 Å². The van der Waals surface area contributed by atoms with Crippen molar-refractivity contribution in [1.29, 1.82) is 5.26 Å². The summed E-state index contributed by atoms with van der Waals surface area (Å²) in [5, 5.41) is 9.20. The van der Waals surface area contributed by atoms with Gasteiger partial charge in [-0.1, -0.05) is 55.0 Å². The van der Waals surface area contributed by atoms with Crippen LogP contribution in [0.15, 0.2) is 48.5 Å². The summed E-state index contributed by atoms with van der Waals surface area (Å²) in [6.07, 6.45) is 3.85. The third-order valence-corrected chi connectivity index (χ3v) is 7.43. The Morgan fingerprint density at radius 1 is 1.03 bits per heavy atom. The number of aryl methyl sites for hydroxylation is 2. The standard InChI is InChI=1S/C29H35N3O2/c1-3-22-7-9-25(10-8-22)27-16-24(17-28(33)26-6-4-5-21(2)15-26)19-32(20-27)29(34)31-13-11-23(18-30)12-14-31/h4-10,15,23-24,27H,3,11-14,16-17,19-20H2,1-2H3. The summed E-state index contributed by atoms with van der Waals surface area (Å²) in [6.45, 7) is 6.71. The van der Waals surface area contributed by atoms with Crippen molar-refractivity contribution in [3.05, 3.63) is 70.8 Å². The smallest absolute Gasteiger partial charge is 0.320 e. The molecular weight excluding hydrogens is 422 g/mol. The number of benzene rings is 2. The first-order chi connectivity index (χ1) is 16.5. The van der Waals surface area contributed by atoms with Crippen LogP contribution in [0, 0.1) is 30.1 Å². The Bertz CT molecular complexity index is 1050. The van der Waals surface area contributed by atoms with Crippen LogP contribution in [0.1, 0.15) is 65.6 Å². The van der Waals surface area contributed by atoms with Crippen LogP contribution < -0.4 is 0 Å². The van der Waals surface area contributed by atoms with Crippen molar-refractivity contribution >= 4 is 11.8 Å². The zero-order valence-corrected chi connectivity index (χ0v) is 20.4. The van der Waals surface area contributed by atoms with Gasteiger partial charge in [-0.3, -0.25) is 4.79 Å². The number of urea groups is 1. The van der Waals surface area contributed by atoms with Crippen LogP contribution in [0.5, 0.6) is 0 Å². The minimum Gasteiger partial charge on any atom is -0.325 e. The lowest BCUT2D eigenvalue weighted by atomic mass is 9.81. The largest absolute Gasteiger partial charge is 0.325 e. The van der Waals surface area contributed by atoms with Gasteiger partial charge in [0.1, 0.15) is 0 Å². The maximum absolute atomic E-state index is 13.5. The number of likely N-dealkylation sites (tertiary alicyclic amines) is 2. The van der Waals surface area contributed by atoms with Crippen molar-refractivity contribution in [2.45, 2.75) is 51.9 Å². The zero-order valence-electron chi connectivity index (χ0n) is 20.4. The molecule has 5 nitrogen and oxygen atoms in total. The minimum absolute atomic E-state index is 0.0509. The van der Waals surface area contributed by atoms with Crippen LogP contribution >= 0.6 is 0 Å². The average molecular weight is 458 g/mol. The van der Waals surface area contributed by atoms with E-state index in [0.29, 0.717) is 32.6 Å². The predicted molar refractivity (Wildman–Crippen MR) is 134 cm³/mol. The lowest BCUT2D eigenvalue weighted by Crippen LogP contribution is -2.51. The third kappa shape index (κ3) is 5.67. The fraction of sp³-hybridized carbons (Fsp3) is 0.483. The van der Waals surface area contributed by atoms with Crippen LogP contribution in [-0.4, -0.2) is 47.8 Å². The normalized spacial score (nSPS) is 21.2. The molecule has 0 bridgehead atoms. The summed E-state index contributed by atoms with van der Waals surface area (Å²) in [4.78, 5) is 30.4. The molecule has 5 heteroatoms. The molecule has 0 N–H and O–H groups in total. The highest BCUT2D eigenvalue weighted by atomic mass is 16.2. The van der Waals surface area contributed by atoms with E-state index in [2.05, 4.69) is 37.3 Å². The molecular formula is C29H35N3O2. The first-order valence-corrected chi connectivity index (χ1v) is 12.6. The first kappa shape index (κ1) is 24.0. The van der Waals surface area contributed by atoms with Crippen molar-refractivity contribution in [3.63, 3.8) is 0 Å². The van der Waals surface area contributed by atoms with E-state index < -0.39 is 0 Å². The summed E-state index contributed by atoms with van der Waals surface area (Å²) in [6, 6.07) is 18.9. The van der Waals surface area contributed by atoms with Crippen LogP contribution in [0.25, 0.3) is 0 Å². The van der Waals surface area contributed by atoms with E-state index in [4.69, 9.17) is 0 Å². The first-order valence-electron chi connectivity index (χ1n) is 12.6. The maximum Gasteiger partial charge on any atom is 0.320 e. The number of ketones is 1. The van der Waals surface area contributed by atoms with E-state index in [-0.39, 0.29) is 29.6 Å². The summed E-state index contributed by atoms with van der Waals surface area (Å²) in [5.41, 5.74) is 4.39. The average Bonchev–Trinajstić information content (AvgIpc) is 2.88. The van der Waals surface area contributed by atoms with Crippen molar-refractivity contribution < 1.29 is 9.59 Å².